The number of rotatable bonds is 3. The first kappa shape index (κ1) is 13.7. The largest absolute Gasteiger partial charge is 0.282 e. The number of carbonyl (C=O) groups excluding carboxylic acids is 1. The number of carbonyl (C=O) groups is 1. The van der Waals surface area contributed by atoms with E-state index in [1.165, 1.54) is 5.56 Å². The maximum atomic E-state index is 12.3. The lowest BCUT2D eigenvalue weighted by molar-refractivity contribution is -0.120. The molecular weight excluding hydrogens is 260 g/mol. The minimum absolute atomic E-state index is 0.0250. The molecule has 3 nitrogen and oxygen atoms in total. The molecule has 1 N–H and O–H groups in total. The highest BCUT2D eigenvalue weighted by molar-refractivity contribution is 5.81. The van der Waals surface area contributed by atoms with Gasteiger partial charge in [0.05, 0.1) is 18.2 Å². The highest BCUT2D eigenvalue weighted by Gasteiger charge is 2.33. The summed E-state index contributed by atoms with van der Waals surface area (Å²) < 4.78 is 0. The van der Waals surface area contributed by atoms with E-state index in [1.54, 1.807) is 0 Å². The van der Waals surface area contributed by atoms with E-state index in [2.05, 4.69) is 37.5 Å². The first-order valence-corrected chi connectivity index (χ1v) is 7.38. The first-order valence-electron chi connectivity index (χ1n) is 7.38. The maximum Gasteiger partial charge on any atom is 0.242 e. The SMILES string of the molecule is C[C@@H]1c2ccccc2N(NC(=O)Cc2ccccc2)[C@H]1C. The van der Waals surface area contributed by atoms with Gasteiger partial charge in [0.25, 0.3) is 0 Å². The Balaban J connectivity index is 1.74. The molecule has 0 aromatic heterocycles. The molecule has 0 spiro atoms. The van der Waals surface area contributed by atoms with Gasteiger partial charge in [-0.2, -0.15) is 0 Å². The zero-order chi connectivity index (χ0) is 14.8. The van der Waals surface area contributed by atoms with Crippen LogP contribution in [-0.4, -0.2) is 11.9 Å². The summed E-state index contributed by atoms with van der Waals surface area (Å²) in [7, 11) is 0. The minimum Gasteiger partial charge on any atom is -0.282 e. The molecule has 2 aromatic rings. The van der Waals surface area contributed by atoms with Gasteiger partial charge in [0, 0.05) is 5.92 Å². The fraction of sp³-hybridized carbons (Fsp3) is 0.278. The first-order chi connectivity index (χ1) is 10.2. The highest BCUT2D eigenvalue weighted by atomic mass is 16.2. The zero-order valence-electron chi connectivity index (χ0n) is 12.4. The predicted octanol–water partition coefficient (Wildman–Crippen LogP) is 3.27. The average molecular weight is 280 g/mol. The molecule has 1 aliphatic rings. The molecule has 0 aliphatic carbocycles. The predicted molar refractivity (Wildman–Crippen MR) is 85.1 cm³/mol. The molecule has 0 saturated carbocycles. The number of hydrogen-bond acceptors (Lipinski definition) is 2. The number of hydrogen-bond donors (Lipinski definition) is 1. The molecule has 3 heteroatoms. The van der Waals surface area contributed by atoms with Crippen LogP contribution in [0.3, 0.4) is 0 Å². The number of anilines is 1. The molecule has 21 heavy (non-hydrogen) atoms. The molecule has 0 unspecified atom stereocenters. The standard InChI is InChI=1S/C18H20N2O/c1-13-14(2)20(17-11-7-6-10-16(13)17)19-18(21)12-15-8-4-3-5-9-15/h3-11,13-14H,12H2,1-2H3,(H,19,21)/t13-,14-/m0/s1. The number of fused-ring (bicyclic) bond motifs is 1. The molecule has 1 aliphatic heterocycles. The maximum absolute atomic E-state index is 12.3. The van der Waals surface area contributed by atoms with E-state index in [4.69, 9.17) is 0 Å². The topological polar surface area (TPSA) is 32.3 Å². The van der Waals surface area contributed by atoms with E-state index in [0.717, 1.165) is 11.3 Å². The van der Waals surface area contributed by atoms with Crippen molar-refractivity contribution in [2.45, 2.75) is 32.2 Å². The lowest BCUT2D eigenvalue weighted by atomic mass is 9.99. The van der Waals surface area contributed by atoms with Crippen LogP contribution in [0, 0.1) is 0 Å². The third-order valence-corrected chi connectivity index (χ3v) is 4.27. The van der Waals surface area contributed by atoms with Crippen LogP contribution >= 0.6 is 0 Å². The van der Waals surface area contributed by atoms with Crippen LogP contribution in [0.5, 0.6) is 0 Å². The number of para-hydroxylation sites is 1. The van der Waals surface area contributed by atoms with Crippen LogP contribution in [0.15, 0.2) is 54.6 Å². The fourth-order valence-electron chi connectivity index (χ4n) is 2.91. The van der Waals surface area contributed by atoms with Gasteiger partial charge in [0.2, 0.25) is 5.91 Å². The lowest BCUT2D eigenvalue weighted by Crippen LogP contribution is -2.46. The van der Waals surface area contributed by atoms with Crippen molar-refractivity contribution >= 4 is 11.6 Å². The number of amides is 1. The summed E-state index contributed by atoms with van der Waals surface area (Å²) in [6.07, 6.45) is 0.403. The summed E-state index contributed by atoms with van der Waals surface area (Å²) in [4.78, 5) is 12.3. The number of hydrazine groups is 1. The summed E-state index contributed by atoms with van der Waals surface area (Å²) in [5.41, 5.74) is 6.50. The molecule has 0 bridgehead atoms. The third kappa shape index (κ3) is 2.64. The molecular formula is C18H20N2O. The Morgan fingerprint density at radius 2 is 1.71 bits per heavy atom. The van der Waals surface area contributed by atoms with E-state index in [0.29, 0.717) is 12.3 Å². The van der Waals surface area contributed by atoms with Crippen molar-refractivity contribution < 1.29 is 4.79 Å². The monoisotopic (exact) mass is 280 g/mol. The molecule has 0 radical (unpaired) electrons. The quantitative estimate of drug-likeness (QED) is 0.936. The van der Waals surface area contributed by atoms with E-state index >= 15 is 0 Å². The van der Waals surface area contributed by atoms with Crippen molar-refractivity contribution in [2.75, 3.05) is 5.01 Å². The van der Waals surface area contributed by atoms with Crippen LogP contribution in [0.2, 0.25) is 0 Å². The van der Waals surface area contributed by atoms with Crippen molar-refractivity contribution in [3.05, 3.63) is 65.7 Å². The van der Waals surface area contributed by atoms with Crippen LogP contribution in [-0.2, 0) is 11.2 Å². The van der Waals surface area contributed by atoms with Crippen molar-refractivity contribution in [1.82, 2.24) is 5.43 Å². The Hall–Kier alpha value is -2.29. The van der Waals surface area contributed by atoms with Gasteiger partial charge in [-0.15, -0.1) is 0 Å². The molecule has 2 aromatic carbocycles. The Kier molecular flexibility index (Phi) is 3.65. The van der Waals surface area contributed by atoms with Crippen LogP contribution < -0.4 is 10.4 Å². The van der Waals surface area contributed by atoms with Crippen LogP contribution in [0.1, 0.15) is 30.9 Å². The third-order valence-electron chi connectivity index (χ3n) is 4.27. The van der Waals surface area contributed by atoms with Gasteiger partial charge >= 0.3 is 0 Å². The summed E-state index contributed by atoms with van der Waals surface area (Å²) in [6.45, 7) is 4.35. The zero-order valence-corrected chi connectivity index (χ0v) is 12.4. The van der Waals surface area contributed by atoms with Gasteiger partial charge in [0.1, 0.15) is 0 Å². The lowest BCUT2D eigenvalue weighted by Gasteiger charge is -2.26. The molecule has 3 rings (SSSR count). The fourth-order valence-corrected chi connectivity index (χ4v) is 2.91. The van der Waals surface area contributed by atoms with Gasteiger partial charge in [0.15, 0.2) is 0 Å². The molecule has 2 atom stereocenters. The summed E-state index contributed by atoms with van der Waals surface area (Å²) in [5.74, 6) is 0.440. The van der Waals surface area contributed by atoms with Crippen molar-refractivity contribution in [1.29, 1.82) is 0 Å². The van der Waals surface area contributed by atoms with Gasteiger partial charge in [-0.3, -0.25) is 15.2 Å². The molecule has 108 valence electrons. The van der Waals surface area contributed by atoms with Crippen molar-refractivity contribution in [2.24, 2.45) is 0 Å². The number of benzene rings is 2. The van der Waals surface area contributed by atoms with Gasteiger partial charge < -0.3 is 0 Å². The normalized spacial score (nSPS) is 20.2. The van der Waals surface area contributed by atoms with Gasteiger partial charge in [-0.1, -0.05) is 55.5 Å². The number of nitrogens with one attached hydrogen (secondary N) is 1. The second kappa shape index (κ2) is 5.60. The summed E-state index contributed by atoms with van der Waals surface area (Å²) in [6, 6.07) is 18.4. The minimum atomic E-state index is 0.0250. The average Bonchev–Trinajstić information content (AvgIpc) is 2.74. The van der Waals surface area contributed by atoms with E-state index in [9.17, 15) is 4.79 Å². The van der Waals surface area contributed by atoms with Crippen molar-refractivity contribution in [3.8, 4) is 0 Å². The second-order valence-electron chi connectivity index (χ2n) is 5.66. The second-order valence-corrected chi connectivity index (χ2v) is 5.66. The molecule has 1 amide bonds. The van der Waals surface area contributed by atoms with Gasteiger partial charge in [-0.05, 0) is 24.1 Å². The molecule has 0 saturated heterocycles. The molecule has 1 heterocycles. The Morgan fingerprint density at radius 1 is 1.05 bits per heavy atom. The number of nitrogens with zero attached hydrogens (tertiary/aromatic N) is 1. The smallest absolute Gasteiger partial charge is 0.242 e. The Morgan fingerprint density at radius 3 is 2.48 bits per heavy atom. The molecule has 0 fully saturated rings. The van der Waals surface area contributed by atoms with Crippen molar-refractivity contribution in [3.63, 3.8) is 0 Å². The van der Waals surface area contributed by atoms with Crippen LogP contribution in [0.4, 0.5) is 5.69 Å². The summed E-state index contributed by atoms with van der Waals surface area (Å²) >= 11 is 0. The van der Waals surface area contributed by atoms with Gasteiger partial charge in [-0.25, -0.2) is 0 Å². The van der Waals surface area contributed by atoms with Crippen LogP contribution in [0.25, 0.3) is 0 Å². The van der Waals surface area contributed by atoms with E-state index in [-0.39, 0.29) is 11.9 Å². The van der Waals surface area contributed by atoms with E-state index < -0.39 is 0 Å². The Labute approximate surface area is 125 Å². The highest BCUT2D eigenvalue weighted by Crippen LogP contribution is 2.38. The Bertz CT molecular complexity index is 639. The van der Waals surface area contributed by atoms with E-state index in [1.807, 2.05) is 41.4 Å². The summed E-state index contributed by atoms with van der Waals surface area (Å²) in [5, 5.41) is 2.01.